The van der Waals surface area contributed by atoms with Gasteiger partial charge in [-0.15, -0.1) is 0 Å². The largest absolute Gasteiger partial charge is 0.323 e. The van der Waals surface area contributed by atoms with Crippen molar-refractivity contribution < 1.29 is 4.39 Å². The standard InChI is InChI=1S/C7H5BrFIN2/c8-5-2-1-4(3-12-11)7(10)6(5)9/h1-3H,11H2. The van der Waals surface area contributed by atoms with E-state index in [2.05, 4.69) is 21.0 Å². The lowest BCUT2D eigenvalue weighted by Gasteiger charge is -2.00. The molecule has 2 N–H and O–H groups in total. The molecule has 0 fully saturated rings. The fraction of sp³-hybridized carbons (Fsp3) is 0. The van der Waals surface area contributed by atoms with Gasteiger partial charge < -0.3 is 5.84 Å². The lowest BCUT2D eigenvalue weighted by Crippen LogP contribution is -1.94. The van der Waals surface area contributed by atoms with Crippen LogP contribution in [0, 0.1) is 9.39 Å². The van der Waals surface area contributed by atoms with Gasteiger partial charge in [-0.3, -0.25) is 0 Å². The van der Waals surface area contributed by atoms with Crippen molar-refractivity contribution in [1.82, 2.24) is 0 Å². The quantitative estimate of drug-likeness (QED) is 0.275. The summed E-state index contributed by atoms with van der Waals surface area (Å²) in [4.78, 5) is 0. The first-order valence-corrected chi connectivity index (χ1v) is 4.90. The van der Waals surface area contributed by atoms with Crippen LogP contribution in [-0.2, 0) is 0 Å². The number of nitrogens with zero attached hydrogens (tertiary/aromatic N) is 1. The predicted molar refractivity (Wildman–Crippen MR) is 58.6 cm³/mol. The summed E-state index contributed by atoms with van der Waals surface area (Å²) in [5, 5.41) is 3.33. The summed E-state index contributed by atoms with van der Waals surface area (Å²) in [7, 11) is 0. The van der Waals surface area contributed by atoms with Gasteiger partial charge in [0.25, 0.3) is 0 Å². The Hall–Kier alpha value is -0.170. The Labute approximate surface area is 91.3 Å². The van der Waals surface area contributed by atoms with Gasteiger partial charge in [-0.2, -0.15) is 5.10 Å². The Morgan fingerprint density at radius 2 is 2.25 bits per heavy atom. The Morgan fingerprint density at radius 3 is 2.83 bits per heavy atom. The third-order valence-corrected chi connectivity index (χ3v) is 2.99. The molecule has 0 unspecified atom stereocenters. The maximum absolute atomic E-state index is 13.2. The monoisotopic (exact) mass is 342 g/mol. The van der Waals surface area contributed by atoms with E-state index in [-0.39, 0.29) is 5.82 Å². The van der Waals surface area contributed by atoms with E-state index >= 15 is 0 Å². The summed E-state index contributed by atoms with van der Waals surface area (Å²) in [5.41, 5.74) is 0.679. The number of benzene rings is 1. The molecule has 0 bridgehead atoms. The first-order valence-electron chi connectivity index (χ1n) is 3.03. The number of halogens is 3. The van der Waals surface area contributed by atoms with Gasteiger partial charge in [-0.25, -0.2) is 4.39 Å². The molecule has 0 saturated carbocycles. The number of hydrogen-bond donors (Lipinski definition) is 1. The molecule has 12 heavy (non-hydrogen) atoms. The molecule has 2 nitrogen and oxygen atoms in total. The van der Waals surface area contributed by atoms with E-state index in [4.69, 9.17) is 5.84 Å². The van der Waals surface area contributed by atoms with Gasteiger partial charge >= 0.3 is 0 Å². The molecule has 0 amide bonds. The zero-order valence-corrected chi connectivity index (χ0v) is 9.63. The molecular formula is C7H5BrFIN2. The minimum Gasteiger partial charge on any atom is -0.323 e. The van der Waals surface area contributed by atoms with Gasteiger partial charge in [0.15, 0.2) is 5.82 Å². The van der Waals surface area contributed by atoms with Gasteiger partial charge in [0.2, 0.25) is 0 Å². The van der Waals surface area contributed by atoms with Crippen molar-refractivity contribution >= 4 is 44.7 Å². The van der Waals surface area contributed by atoms with E-state index in [0.717, 1.165) is 0 Å². The topological polar surface area (TPSA) is 38.4 Å². The van der Waals surface area contributed by atoms with E-state index in [1.807, 2.05) is 22.6 Å². The summed E-state index contributed by atoms with van der Waals surface area (Å²) in [6, 6.07) is 3.36. The molecule has 0 atom stereocenters. The fourth-order valence-corrected chi connectivity index (χ4v) is 2.03. The van der Waals surface area contributed by atoms with E-state index in [1.54, 1.807) is 12.1 Å². The third-order valence-electron chi connectivity index (χ3n) is 1.28. The molecular weight excluding hydrogens is 338 g/mol. The molecule has 0 spiro atoms. The van der Waals surface area contributed by atoms with Crippen molar-refractivity contribution in [3.05, 3.63) is 31.6 Å². The van der Waals surface area contributed by atoms with Gasteiger partial charge in [0.05, 0.1) is 14.3 Å². The van der Waals surface area contributed by atoms with Crippen LogP contribution in [0.5, 0.6) is 0 Å². The van der Waals surface area contributed by atoms with Crippen molar-refractivity contribution in [3.8, 4) is 0 Å². The highest BCUT2D eigenvalue weighted by Gasteiger charge is 2.07. The Kier molecular flexibility index (Phi) is 3.45. The van der Waals surface area contributed by atoms with E-state index < -0.39 is 0 Å². The summed E-state index contributed by atoms with van der Waals surface area (Å²) < 4.78 is 14.1. The molecule has 0 aliphatic carbocycles. The van der Waals surface area contributed by atoms with Crippen LogP contribution in [0.1, 0.15) is 5.56 Å². The molecule has 5 heteroatoms. The van der Waals surface area contributed by atoms with Crippen LogP contribution in [0.25, 0.3) is 0 Å². The number of rotatable bonds is 1. The fourth-order valence-electron chi connectivity index (χ4n) is 0.721. The normalized spacial score (nSPS) is 10.9. The second-order valence-corrected chi connectivity index (χ2v) is 3.98. The average Bonchev–Trinajstić information content (AvgIpc) is 2.07. The number of nitrogens with two attached hydrogens (primary N) is 1. The number of hydrazone groups is 1. The average molecular weight is 343 g/mol. The highest BCUT2D eigenvalue weighted by molar-refractivity contribution is 14.1. The molecule has 1 aromatic carbocycles. The van der Waals surface area contributed by atoms with Gasteiger partial charge in [0, 0.05) is 5.56 Å². The first-order chi connectivity index (χ1) is 5.66. The third kappa shape index (κ3) is 1.95. The molecule has 0 aliphatic heterocycles. The summed E-state index contributed by atoms with van der Waals surface area (Å²) >= 11 is 4.98. The molecule has 64 valence electrons. The maximum Gasteiger partial charge on any atom is 0.151 e. The van der Waals surface area contributed by atoms with Gasteiger partial charge in [0.1, 0.15) is 0 Å². The van der Waals surface area contributed by atoms with Crippen LogP contribution in [0.2, 0.25) is 0 Å². The minimum atomic E-state index is -0.284. The Morgan fingerprint density at radius 1 is 1.58 bits per heavy atom. The van der Waals surface area contributed by atoms with Crippen molar-refractivity contribution in [1.29, 1.82) is 0 Å². The number of hydrogen-bond acceptors (Lipinski definition) is 2. The lowest BCUT2D eigenvalue weighted by atomic mass is 10.2. The van der Waals surface area contributed by atoms with Crippen LogP contribution in [0.4, 0.5) is 4.39 Å². The smallest absolute Gasteiger partial charge is 0.151 e. The molecule has 1 rings (SSSR count). The molecule has 0 aromatic heterocycles. The predicted octanol–water partition coefficient (Wildman–Crippen LogP) is 2.49. The lowest BCUT2D eigenvalue weighted by molar-refractivity contribution is 0.613. The SMILES string of the molecule is NN=Cc1ccc(Br)c(F)c1I. The van der Waals surface area contributed by atoms with Crippen LogP contribution < -0.4 is 5.84 Å². The van der Waals surface area contributed by atoms with E-state index in [0.29, 0.717) is 13.6 Å². The van der Waals surface area contributed by atoms with E-state index in [9.17, 15) is 4.39 Å². The van der Waals surface area contributed by atoms with Crippen LogP contribution in [0.15, 0.2) is 21.7 Å². The van der Waals surface area contributed by atoms with Gasteiger partial charge in [-0.05, 0) is 44.6 Å². The summed E-state index contributed by atoms with van der Waals surface area (Å²) in [5.74, 6) is 4.67. The molecule has 0 aliphatic rings. The molecule has 0 radical (unpaired) electrons. The zero-order valence-electron chi connectivity index (χ0n) is 5.89. The highest BCUT2D eigenvalue weighted by Crippen LogP contribution is 2.22. The van der Waals surface area contributed by atoms with E-state index in [1.165, 1.54) is 6.21 Å². The van der Waals surface area contributed by atoms with Crippen LogP contribution in [0.3, 0.4) is 0 Å². The second kappa shape index (κ2) is 4.18. The van der Waals surface area contributed by atoms with Crippen LogP contribution in [-0.4, -0.2) is 6.21 Å². The van der Waals surface area contributed by atoms with Crippen molar-refractivity contribution in [2.75, 3.05) is 0 Å². The van der Waals surface area contributed by atoms with Crippen LogP contribution >= 0.6 is 38.5 Å². The van der Waals surface area contributed by atoms with Gasteiger partial charge in [-0.1, -0.05) is 6.07 Å². The van der Waals surface area contributed by atoms with Crippen molar-refractivity contribution in [3.63, 3.8) is 0 Å². The summed E-state index contributed by atoms with van der Waals surface area (Å²) in [6.45, 7) is 0. The summed E-state index contributed by atoms with van der Waals surface area (Å²) in [6.07, 6.45) is 1.41. The maximum atomic E-state index is 13.2. The Bertz CT molecular complexity index is 327. The molecule has 1 aromatic rings. The van der Waals surface area contributed by atoms with Crippen molar-refractivity contribution in [2.24, 2.45) is 10.9 Å². The minimum absolute atomic E-state index is 0.284. The second-order valence-electron chi connectivity index (χ2n) is 2.04. The zero-order chi connectivity index (χ0) is 9.14. The van der Waals surface area contributed by atoms with Crippen molar-refractivity contribution in [2.45, 2.75) is 0 Å². The molecule has 0 heterocycles. The Balaban J connectivity index is 3.26. The molecule has 0 saturated heterocycles. The highest BCUT2D eigenvalue weighted by atomic mass is 127. The first kappa shape index (κ1) is 9.91.